The molecule has 5 nitrogen and oxygen atoms in total. The number of esters is 1. The normalized spacial score (nSPS) is 15.5. The molecule has 152 valence electrons. The molecule has 27 heavy (non-hydrogen) atoms. The maximum atomic E-state index is 12.1. The minimum Gasteiger partial charge on any atom is -0.488 e. The Morgan fingerprint density at radius 1 is 1.11 bits per heavy atom. The van der Waals surface area contributed by atoms with E-state index in [1.165, 1.54) is 12.8 Å². The van der Waals surface area contributed by atoms with Crippen molar-refractivity contribution in [1.29, 1.82) is 0 Å². The van der Waals surface area contributed by atoms with Crippen molar-refractivity contribution < 1.29 is 14.3 Å². The van der Waals surface area contributed by atoms with Gasteiger partial charge in [0, 0.05) is 32.7 Å². The molecule has 5 heteroatoms. The van der Waals surface area contributed by atoms with Crippen LogP contribution < -0.4 is 10.1 Å². The van der Waals surface area contributed by atoms with Gasteiger partial charge >= 0.3 is 5.97 Å². The van der Waals surface area contributed by atoms with Gasteiger partial charge in [-0.25, -0.2) is 4.79 Å². The molecule has 0 aliphatic carbocycles. The molecule has 0 bridgehead atoms. The molecular weight excluding hydrogens is 340 g/mol. The second-order valence-corrected chi connectivity index (χ2v) is 7.92. The van der Waals surface area contributed by atoms with E-state index in [1.54, 1.807) is 12.1 Å². The Balaban J connectivity index is 1.75. The molecule has 0 atom stereocenters. The molecular formula is C22H36N2O3. The molecule has 0 aromatic heterocycles. The summed E-state index contributed by atoms with van der Waals surface area (Å²) in [7, 11) is 0. The van der Waals surface area contributed by atoms with Crippen molar-refractivity contribution in [2.75, 3.05) is 39.3 Å². The van der Waals surface area contributed by atoms with E-state index in [0.29, 0.717) is 12.2 Å². The van der Waals surface area contributed by atoms with Gasteiger partial charge in [0.15, 0.2) is 0 Å². The van der Waals surface area contributed by atoms with Gasteiger partial charge < -0.3 is 19.7 Å². The topological polar surface area (TPSA) is 50.8 Å². The molecule has 1 aliphatic rings. The molecule has 1 aromatic carbocycles. The number of benzene rings is 1. The van der Waals surface area contributed by atoms with Gasteiger partial charge in [0.25, 0.3) is 0 Å². The third-order valence-electron chi connectivity index (χ3n) is 4.95. The molecule has 1 saturated heterocycles. The number of piperazine rings is 1. The van der Waals surface area contributed by atoms with Gasteiger partial charge in [0.1, 0.15) is 11.4 Å². The zero-order chi connectivity index (χ0) is 19.5. The number of nitrogens with zero attached hydrogens (tertiary/aromatic N) is 1. The number of rotatable bonds is 11. The molecule has 2 rings (SSSR count). The second-order valence-electron chi connectivity index (χ2n) is 7.92. The summed E-state index contributed by atoms with van der Waals surface area (Å²) in [5, 5.41) is 3.38. The lowest BCUT2D eigenvalue weighted by atomic mass is 10.0. The average Bonchev–Trinajstić information content (AvgIpc) is 2.67. The number of unbranched alkanes of at least 4 members (excludes halogenated alkanes) is 3. The lowest BCUT2D eigenvalue weighted by Gasteiger charge is -2.32. The van der Waals surface area contributed by atoms with Crippen LogP contribution in [0.25, 0.3) is 0 Å². The number of carbonyl (C=O) groups is 1. The van der Waals surface area contributed by atoms with E-state index in [9.17, 15) is 4.79 Å². The van der Waals surface area contributed by atoms with Gasteiger partial charge in [-0.1, -0.05) is 26.2 Å². The van der Waals surface area contributed by atoms with Crippen molar-refractivity contribution in [3.8, 4) is 5.75 Å². The zero-order valence-corrected chi connectivity index (χ0v) is 17.3. The molecule has 1 aromatic rings. The lowest BCUT2D eigenvalue weighted by Crippen LogP contribution is -2.45. The fourth-order valence-corrected chi connectivity index (χ4v) is 3.17. The van der Waals surface area contributed by atoms with Crippen LogP contribution in [0.2, 0.25) is 0 Å². The van der Waals surface area contributed by atoms with Crippen LogP contribution in [-0.2, 0) is 4.74 Å². The zero-order valence-electron chi connectivity index (χ0n) is 17.3. The Kier molecular flexibility index (Phi) is 9.08. The van der Waals surface area contributed by atoms with E-state index in [-0.39, 0.29) is 11.6 Å². The highest BCUT2D eigenvalue weighted by molar-refractivity contribution is 5.89. The fraction of sp³-hybridized carbons (Fsp3) is 0.682. The highest BCUT2D eigenvalue weighted by Crippen LogP contribution is 2.22. The van der Waals surface area contributed by atoms with Crippen molar-refractivity contribution >= 4 is 5.97 Å². The third-order valence-corrected chi connectivity index (χ3v) is 4.95. The fourth-order valence-electron chi connectivity index (χ4n) is 3.17. The first-order valence-electron chi connectivity index (χ1n) is 10.4. The van der Waals surface area contributed by atoms with Gasteiger partial charge in [0.2, 0.25) is 0 Å². The number of hydrogen-bond donors (Lipinski definition) is 1. The first-order valence-corrected chi connectivity index (χ1v) is 10.4. The Labute approximate surface area is 164 Å². The molecule has 1 heterocycles. The number of nitrogens with one attached hydrogen (secondary N) is 1. The summed E-state index contributed by atoms with van der Waals surface area (Å²) in [6.45, 7) is 12.3. The quantitative estimate of drug-likeness (QED) is 0.469. The predicted octanol–water partition coefficient (Wildman–Crippen LogP) is 3.88. The van der Waals surface area contributed by atoms with Crippen molar-refractivity contribution in [1.82, 2.24) is 10.2 Å². The van der Waals surface area contributed by atoms with Gasteiger partial charge in [-0.15, -0.1) is 0 Å². The minimum atomic E-state index is -0.254. The van der Waals surface area contributed by atoms with Crippen LogP contribution >= 0.6 is 0 Å². The Bertz CT molecular complexity index is 551. The van der Waals surface area contributed by atoms with Crippen LogP contribution in [0.4, 0.5) is 0 Å². The van der Waals surface area contributed by atoms with Crippen LogP contribution in [0, 0.1) is 0 Å². The van der Waals surface area contributed by atoms with E-state index < -0.39 is 0 Å². The standard InChI is InChI=1S/C22H36N2O3/c1-4-5-6-7-18-26-21(25)19-8-10-20(11-9-19)27-22(2,3)12-15-24-16-13-23-14-17-24/h8-11,23H,4-7,12-18H2,1-3H3. The van der Waals surface area contributed by atoms with Gasteiger partial charge in [-0.3, -0.25) is 0 Å². The monoisotopic (exact) mass is 376 g/mol. The van der Waals surface area contributed by atoms with Crippen LogP contribution in [-0.4, -0.2) is 55.8 Å². The molecule has 0 radical (unpaired) electrons. The average molecular weight is 377 g/mol. The van der Waals surface area contributed by atoms with E-state index in [1.807, 2.05) is 12.1 Å². The maximum Gasteiger partial charge on any atom is 0.338 e. The maximum absolute atomic E-state index is 12.1. The van der Waals surface area contributed by atoms with E-state index in [2.05, 4.69) is 31.0 Å². The number of carbonyl (C=O) groups excluding carboxylic acids is 1. The van der Waals surface area contributed by atoms with Crippen LogP contribution in [0.5, 0.6) is 5.75 Å². The van der Waals surface area contributed by atoms with Crippen molar-refractivity contribution in [3.63, 3.8) is 0 Å². The molecule has 0 unspecified atom stereocenters. The largest absolute Gasteiger partial charge is 0.488 e. The predicted molar refractivity (Wildman–Crippen MR) is 110 cm³/mol. The summed E-state index contributed by atoms with van der Waals surface area (Å²) in [6.07, 6.45) is 5.38. The van der Waals surface area contributed by atoms with Gasteiger partial charge in [0.05, 0.1) is 12.2 Å². The first-order chi connectivity index (χ1) is 13.0. The molecule has 1 fully saturated rings. The minimum absolute atomic E-state index is 0.244. The molecule has 0 saturated carbocycles. The molecule has 1 N–H and O–H groups in total. The number of hydrogen-bond acceptors (Lipinski definition) is 5. The smallest absolute Gasteiger partial charge is 0.338 e. The Morgan fingerprint density at radius 2 is 1.81 bits per heavy atom. The van der Waals surface area contributed by atoms with Crippen LogP contribution in [0.15, 0.2) is 24.3 Å². The molecule has 0 spiro atoms. The third kappa shape index (κ3) is 8.31. The Morgan fingerprint density at radius 3 is 2.48 bits per heavy atom. The SMILES string of the molecule is CCCCCCOC(=O)c1ccc(OC(C)(C)CCN2CCNCC2)cc1. The summed E-state index contributed by atoms with van der Waals surface area (Å²) in [4.78, 5) is 14.6. The molecule has 1 aliphatic heterocycles. The van der Waals surface area contributed by atoms with Crippen LogP contribution in [0.1, 0.15) is 63.2 Å². The van der Waals surface area contributed by atoms with Crippen molar-refractivity contribution in [3.05, 3.63) is 29.8 Å². The van der Waals surface area contributed by atoms with Crippen molar-refractivity contribution in [2.45, 2.75) is 58.5 Å². The van der Waals surface area contributed by atoms with E-state index >= 15 is 0 Å². The summed E-state index contributed by atoms with van der Waals surface area (Å²) in [5.41, 5.74) is 0.336. The lowest BCUT2D eigenvalue weighted by molar-refractivity contribution is 0.0497. The highest BCUT2D eigenvalue weighted by atomic mass is 16.5. The van der Waals surface area contributed by atoms with Gasteiger partial charge in [-0.2, -0.15) is 0 Å². The Hall–Kier alpha value is -1.59. The summed E-state index contributed by atoms with van der Waals surface area (Å²) >= 11 is 0. The van der Waals surface area contributed by atoms with Crippen LogP contribution in [0.3, 0.4) is 0 Å². The summed E-state index contributed by atoms with van der Waals surface area (Å²) in [6, 6.07) is 7.30. The van der Waals surface area contributed by atoms with Gasteiger partial charge in [-0.05, 0) is 51.0 Å². The number of ether oxygens (including phenoxy) is 2. The van der Waals surface area contributed by atoms with E-state index in [4.69, 9.17) is 9.47 Å². The summed E-state index contributed by atoms with van der Waals surface area (Å²) < 4.78 is 11.5. The molecule has 0 amide bonds. The second kappa shape index (κ2) is 11.3. The summed E-state index contributed by atoms with van der Waals surface area (Å²) in [5.74, 6) is 0.538. The van der Waals surface area contributed by atoms with Crippen molar-refractivity contribution in [2.24, 2.45) is 0 Å². The highest BCUT2D eigenvalue weighted by Gasteiger charge is 2.22. The first kappa shape index (κ1) is 21.7. The van der Waals surface area contributed by atoms with E-state index in [0.717, 1.165) is 57.7 Å².